The number of nitrogens with one attached hydrogen (secondary N) is 1. The second-order valence-corrected chi connectivity index (χ2v) is 5.38. The summed E-state index contributed by atoms with van der Waals surface area (Å²) in [6, 6.07) is 16.5. The first-order valence-electron chi connectivity index (χ1n) is 7.93. The zero-order chi connectivity index (χ0) is 17.8. The van der Waals surface area contributed by atoms with Crippen LogP contribution >= 0.6 is 0 Å². The Morgan fingerprint density at radius 2 is 1.85 bits per heavy atom. The van der Waals surface area contributed by atoms with E-state index in [9.17, 15) is 4.79 Å². The average Bonchev–Trinajstić information content (AvgIpc) is 3.20. The zero-order valence-electron chi connectivity index (χ0n) is 13.6. The Morgan fingerprint density at radius 3 is 2.65 bits per heavy atom. The standard InChI is InChI=1S/C18H14N4O4/c23-18-14(17-19-21-22-20-17)11-12-5-4-8-15(16(12)26-18)25-10-9-24-13-6-2-1-3-7-13/h1-8,11H,9-10H2,(H,19,20,21,22). The lowest BCUT2D eigenvalue weighted by Gasteiger charge is -2.10. The van der Waals surface area contributed by atoms with E-state index >= 15 is 0 Å². The maximum atomic E-state index is 12.2. The van der Waals surface area contributed by atoms with E-state index in [0.717, 1.165) is 5.75 Å². The molecule has 130 valence electrons. The van der Waals surface area contributed by atoms with Gasteiger partial charge in [0.1, 0.15) is 24.5 Å². The normalized spacial score (nSPS) is 10.8. The third kappa shape index (κ3) is 3.25. The Hall–Kier alpha value is -3.68. The summed E-state index contributed by atoms with van der Waals surface area (Å²) in [4.78, 5) is 12.2. The first-order valence-corrected chi connectivity index (χ1v) is 7.93. The van der Waals surface area contributed by atoms with Crippen molar-refractivity contribution in [1.82, 2.24) is 20.6 Å². The van der Waals surface area contributed by atoms with Gasteiger partial charge in [-0.05, 0) is 34.7 Å². The number of ether oxygens (including phenoxy) is 2. The number of benzene rings is 2. The van der Waals surface area contributed by atoms with E-state index in [1.165, 1.54) is 0 Å². The lowest BCUT2D eigenvalue weighted by atomic mass is 10.1. The van der Waals surface area contributed by atoms with Crippen LogP contribution in [-0.4, -0.2) is 33.8 Å². The molecule has 2 heterocycles. The Bertz CT molecular complexity index is 1060. The quantitative estimate of drug-likeness (QED) is 0.421. The van der Waals surface area contributed by atoms with Crippen molar-refractivity contribution in [2.75, 3.05) is 13.2 Å². The van der Waals surface area contributed by atoms with Crippen LogP contribution < -0.4 is 15.1 Å². The van der Waals surface area contributed by atoms with Gasteiger partial charge in [0.05, 0.1) is 0 Å². The van der Waals surface area contributed by atoms with Gasteiger partial charge in [-0.3, -0.25) is 0 Å². The van der Waals surface area contributed by atoms with Crippen molar-refractivity contribution in [3.05, 3.63) is 65.0 Å². The molecule has 1 N–H and O–H groups in total. The summed E-state index contributed by atoms with van der Waals surface area (Å²) in [5.74, 6) is 1.49. The molecule has 8 nitrogen and oxygen atoms in total. The zero-order valence-corrected chi connectivity index (χ0v) is 13.6. The van der Waals surface area contributed by atoms with Crippen molar-refractivity contribution in [3.8, 4) is 22.9 Å². The number of fused-ring (bicyclic) bond motifs is 1. The minimum absolute atomic E-state index is 0.253. The maximum absolute atomic E-state index is 12.2. The third-order valence-electron chi connectivity index (χ3n) is 3.68. The van der Waals surface area contributed by atoms with E-state index in [0.29, 0.717) is 29.9 Å². The second kappa shape index (κ2) is 7.06. The van der Waals surface area contributed by atoms with E-state index in [1.807, 2.05) is 42.5 Å². The van der Waals surface area contributed by atoms with Crippen LogP contribution in [0.4, 0.5) is 0 Å². The minimum atomic E-state index is -0.548. The Labute approximate surface area is 147 Å². The van der Waals surface area contributed by atoms with E-state index in [2.05, 4.69) is 20.6 Å². The molecule has 0 amide bonds. The second-order valence-electron chi connectivity index (χ2n) is 5.38. The van der Waals surface area contributed by atoms with Gasteiger partial charge in [0, 0.05) is 5.39 Å². The fourth-order valence-electron chi connectivity index (χ4n) is 2.50. The maximum Gasteiger partial charge on any atom is 0.347 e. The minimum Gasteiger partial charge on any atom is -0.490 e. The molecule has 0 saturated heterocycles. The van der Waals surface area contributed by atoms with Gasteiger partial charge in [-0.15, -0.1) is 5.10 Å². The van der Waals surface area contributed by atoms with Crippen LogP contribution in [-0.2, 0) is 0 Å². The average molecular weight is 350 g/mol. The molecule has 2 aromatic carbocycles. The molecule has 2 aromatic heterocycles. The van der Waals surface area contributed by atoms with Crippen LogP contribution in [0.5, 0.6) is 11.5 Å². The lowest BCUT2D eigenvalue weighted by Crippen LogP contribution is -2.10. The number of rotatable bonds is 6. The van der Waals surface area contributed by atoms with Crippen LogP contribution in [0.15, 0.2) is 63.8 Å². The highest BCUT2D eigenvalue weighted by Crippen LogP contribution is 2.26. The van der Waals surface area contributed by atoms with E-state index in [1.54, 1.807) is 12.1 Å². The monoisotopic (exact) mass is 350 g/mol. The third-order valence-corrected chi connectivity index (χ3v) is 3.68. The van der Waals surface area contributed by atoms with Crippen molar-refractivity contribution < 1.29 is 13.9 Å². The predicted molar refractivity (Wildman–Crippen MR) is 93.1 cm³/mol. The van der Waals surface area contributed by atoms with Crippen LogP contribution in [0.25, 0.3) is 22.4 Å². The van der Waals surface area contributed by atoms with Gasteiger partial charge in [-0.25, -0.2) is 9.89 Å². The summed E-state index contributed by atoms with van der Waals surface area (Å²) in [6.07, 6.45) is 0. The number of hydrogen-bond acceptors (Lipinski definition) is 7. The van der Waals surface area contributed by atoms with Crippen molar-refractivity contribution in [3.63, 3.8) is 0 Å². The van der Waals surface area contributed by atoms with E-state index in [4.69, 9.17) is 13.9 Å². The van der Waals surface area contributed by atoms with Crippen LogP contribution in [0.3, 0.4) is 0 Å². The number of hydrogen-bond donors (Lipinski definition) is 1. The molecule has 0 atom stereocenters. The highest BCUT2D eigenvalue weighted by atomic mass is 16.5. The molecule has 0 unspecified atom stereocenters. The molecule has 0 aliphatic carbocycles. The van der Waals surface area contributed by atoms with Gasteiger partial charge in [0.15, 0.2) is 17.2 Å². The Kier molecular flexibility index (Phi) is 4.29. The Morgan fingerprint density at radius 1 is 1.00 bits per heavy atom. The number of tetrazole rings is 1. The molecule has 8 heteroatoms. The Balaban J connectivity index is 1.52. The smallest absolute Gasteiger partial charge is 0.347 e. The molecule has 0 saturated carbocycles. The predicted octanol–water partition coefficient (Wildman–Crippen LogP) is 2.43. The molecule has 26 heavy (non-hydrogen) atoms. The van der Waals surface area contributed by atoms with Crippen LogP contribution in [0.2, 0.25) is 0 Å². The molecule has 0 aliphatic heterocycles. The number of aromatic nitrogens is 4. The number of H-pyrrole nitrogens is 1. The fourth-order valence-corrected chi connectivity index (χ4v) is 2.50. The van der Waals surface area contributed by atoms with E-state index in [-0.39, 0.29) is 11.4 Å². The molecular weight excluding hydrogens is 336 g/mol. The summed E-state index contributed by atoms with van der Waals surface area (Å²) in [5.41, 5.74) is 0.0770. The van der Waals surface area contributed by atoms with Gasteiger partial charge in [-0.1, -0.05) is 30.3 Å². The van der Waals surface area contributed by atoms with Crippen molar-refractivity contribution in [2.45, 2.75) is 0 Å². The van der Waals surface area contributed by atoms with Gasteiger partial charge in [-0.2, -0.15) is 0 Å². The topological polar surface area (TPSA) is 103 Å². The molecule has 4 aromatic rings. The highest BCUT2D eigenvalue weighted by molar-refractivity contribution is 5.85. The highest BCUT2D eigenvalue weighted by Gasteiger charge is 2.13. The largest absolute Gasteiger partial charge is 0.490 e. The number of para-hydroxylation sites is 2. The fraction of sp³-hybridized carbons (Fsp3) is 0.111. The molecule has 0 radical (unpaired) electrons. The van der Waals surface area contributed by atoms with Crippen molar-refractivity contribution >= 4 is 11.0 Å². The lowest BCUT2D eigenvalue weighted by molar-refractivity contribution is 0.217. The molecular formula is C18H14N4O4. The summed E-state index contributed by atoms with van der Waals surface area (Å²) < 4.78 is 16.7. The first kappa shape index (κ1) is 15.8. The summed E-state index contributed by atoms with van der Waals surface area (Å²) in [7, 11) is 0. The first-order chi connectivity index (χ1) is 12.8. The van der Waals surface area contributed by atoms with Crippen molar-refractivity contribution in [2.24, 2.45) is 0 Å². The number of aromatic amines is 1. The van der Waals surface area contributed by atoms with Crippen molar-refractivity contribution in [1.29, 1.82) is 0 Å². The van der Waals surface area contributed by atoms with Gasteiger partial charge >= 0.3 is 5.63 Å². The molecule has 0 fully saturated rings. The molecule has 0 spiro atoms. The molecule has 0 bridgehead atoms. The van der Waals surface area contributed by atoms with Gasteiger partial charge in [0.25, 0.3) is 0 Å². The molecule has 0 aliphatic rings. The summed E-state index contributed by atoms with van der Waals surface area (Å²) >= 11 is 0. The van der Waals surface area contributed by atoms with Crippen LogP contribution in [0, 0.1) is 0 Å². The van der Waals surface area contributed by atoms with Gasteiger partial charge < -0.3 is 13.9 Å². The summed E-state index contributed by atoms with van der Waals surface area (Å²) in [6.45, 7) is 0.679. The SMILES string of the molecule is O=c1oc2c(OCCOc3ccccc3)cccc2cc1-c1nnn[nH]1. The van der Waals surface area contributed by atoms with E-state index < -0.39 is 5.63 Å². The molecule has 4 rings (SSSR count). The summed E-state index contributed by atoms with van der Waals surface area (Å²) in [5, 5.41) is 13.9. The van der Waals surface area contributed by atoms with Gasteiger partial charge in [0.2, 0.25) is 0 Å². The van der Waals surface area contributed by atoms with Crippen LogP contribution in [0.1, 0.15) is 0 Å². The number of nitrogens with zero attached hydrogens (tertiary/aromatic N) is 3.